The molecule has 112 valence electrons. The SMILES string of the molecule is COCC(=O)N1CCCC(C2C(=O)Nc3ccccc32)C1. The fraction of sp³-hybridized carbons (Fsp3) is 0.500. The topological polar surface area (TPSA) is 58.6 Å². The van der Waals surface area contributed by atoms with E-state index in [4.69, 9.17) is 4.74 Å². The van der Waals surface area contributed by atoms with Gasteiger partial charge in [0.25, 0.3) is 0 Å². The normalized spacial score (nSPS) is 24.6. The van der Waals surface area contributed by atoms with Crippen molar-refractivity contribution in [3.8, 4) is 0 Å². The van der Waals surface area contributed by atoms with E-state index in [1.807, 2.05) is 29.2 Å². The lowest BCUT2D eigenvalue weighted by Gasteiger charge is -2.35. The average Bonchev–Trinajstić information content (AvgIpc) is 2.83. The number of carbonyl (C=O) groups excluding carboxylic acids is 2. The number of rotatable bonds is 3. The van der Waals surface area contributed by atoms with E-state index in [0.717, 1.165) is 30.6 Å². The Morgan fingerprint density at radius 2 is 2.24 bits per heavy atom. The van der Waals surface area contributed by atoms with Crippen LogP contribution in [0.1, 0.15) is 24.3 Å². The molecule has 2 atom stereocenters. The van der Waals surface area contributed by atoms with Gasteiger partial charge in [-0.3, -0.25) is 9.59 Å². The summed E-state index contributed by atoms with van der Waals surface area (Å²) in [7, 11) is 1.53. The van der Waals surface area contributed by atoms with Gasteiger partial charge in [0.05, 0.1) is 5.92 Å². The van der Waals surface area contributed by atoms with E-state index in [0.29, 0.717) is 6.54 Å². The minimum atomic E-state index is -0.139. The fourth-order valence-electron chi connectivity index (χ4n) is 3.43. The maximum atomic E-state index is 12.3. The number of amides is 2. The summed E-state index contributed by atoms with van der Waals surface area (Å²) in [6.45, 7) is 1.50. The van der Waals surface area contributed by atoms with Gasteiger partial charge in [0, 0.05) is 25.9 Å². The second-order valence-electron chi connectivity index (χ2n) is 5.73. The molecule has 0 aromatic heterocycles. The zero-order valence-corrected chi connectivity index (χ0v) is 12.2. The average molecular weight is 288 g/mol. The van der Waals surface area contributed by atoms with Crippen molar-refractivity contribution in [3.63, 3.8) is 0 Å². The first kappa shape index (κ1) is 14.1. The third kappa shape index (κ3) is 2.65. The molecule has 1 N–H and O–H groups in total. The highest BCUT2D eigenvalue weighted by Gasteiger charge is 2.39. The first-order chi connectivity index (χ1) is 10.2. The van der Waals surface area contributed by atoms with Crippen molar-refractivity contribution in [1.82, 2.24) is 4.90 Å². The van der Waals surface area contributed by atoms with Crippen LogP contribution in [0.15, 0.2) is 24.3 Å². The second kappa shape index (κ2) is 5.85. The number of ether oxygens (including phenoxy) is 1. The third-order valence-electron chi connectivity index (χ3n) is 4.39. The molecule has 1 fully saturated rings. The van der Waals surface area contributed by atoms with Crippen molar-refractivity contribution in [2.75, 3.05) is 32.1 Å². The third-order valence-corrected chi connectivity index (χ3v) is 4.39. The van der Waals surface area contributed by atoms with E-state index in [-0.39, 0.29) is 30.3 Å². The largest absolute Gasteiger partial charge is 0.375 e. The number of likely N-dealkylation sites (tertiary alicyclic amines) is 1. The molecule has 0 radical (unpaired) electrons. The first-order valence-electron chi connectivity index (χ1n) is 7.37. The zero-order valence-electron chi connectivity index (χ0n) is 12.2. The summed E-state index contributed by atoms with van der Waals surface area (Å²) in [4.78, 5) is 26.1. The van der Waals surface area contributed by atoms with Gasteiger partial charge in [-0.25, -0.2) is 0 Å². The number of nitrogens with zero attached hydrogens (tertiary/aromatic N) is 1. The Balaban J connectivity index is 1.77. The number of benzene rings is 1. The summed E-state index contributed by atoms with van der Waals surface area (Å²) in [5.41, 5.74) is 1.97. The van der Waals surface area contributed by atoms with E-state index in [1.54, 1.807) is 0 Å². The van der Waals surface area contributed by atoms with Crippen LogP contribution >= 0.6 is 0 Å². The lowest BCUT2D eigenvalue weighted by Crippen LogP contribution is -2.44. The smallest absolute Gasteiger partial charge is 0.248 e. The molecule has 2 amide bonds. The second-order valence-corrected chi connectivity index (χ2v) is 5.73. The maximum Gasteiger partial charge on any atom is 0.248 e. The number of methoxy groups -OCH3 is 1. The van der Waals surface area contributed by atoms with Gasteiger partial charge < -0.3 is 15.0 Å². The van der Waals surface area contributed by atoms with E-state index < -0.39 is 0 Å². The molecule has 21 heavy (non-hydrogen) atoms. The summed E-state index contributed by atoms with van der Waals surface area (Å²) in [6.07, 6.45) is 1.91. The number of fused-ring (bicyclic) bond motifs is 1. The van der Waals surface area contributed by atoms with Gasteiger partial charge in [-0.15, -0.1) is 0 Å². The van der Waals surface area contributed by atoms with E-state index in [1.165, 1.54) is 7.11 Å². The minimum absolute atomic E-state index is 0.00823. The van der Waals surface area contributed by atoms with Crippen LogP contribution < -0.4 is 5.32 Å². The summed E-state index contributed by atoms with van der Waals surface area (Å²) >= 11 is 0. The number of para-hydroxylation sites is 1. The lowest BCUT2D eigenvalue weighted by molar-refractivity contribution is -0.137. The molecular weight excluding hydrogens is 268 g/mol. The van der Waals surface area contributed by atoms with Gasteiger partial charge in [-0.1, -0.05) is 18.2 Å². The predicted molar refractivity (Wildman–Crippen MR) is 79.0 cm³/mol. The van der Waals surface area contributed by atoms with Gasteiger partial charge in [-0.2, -0.15) is 0 Å². The summed E-state index contributed by atoms with van der Waals surface area (Å²) in [5, 5.41) is 2.95. The molecule has 0 saturated carbocycles. The fourth-order valence-corrected chi connectivity index (χ4v) is 3.43. The lowest BCUT2D eigenvalue weighted by atomic mass is 9.82. The van der Waals surface area contributed by atoms with Crippen LogP contribution in [0.2, 0.25) is 0 Å². The monoisotopic (exact) mass is 288 g/mol. The van der Waals surface area contributed by atoms with Crippen LogP contribution in [0, 0.1) is 5.92 Å². The number of carbonyl (C=O) groups is 2. The van der Waals surface area contributed by atoms with Crippen LogP contribution in [-0.2, 0) is 14.3 Å². The molecule has 2 heterocycles. The van der Waals surface area contributed by atoms with Crippen molar-refractivity contribution in [1.29, 1.82) is 0 Å². The number of nitrogens with one attached hydrogen (secondary N) is 1. The number of hydrogen-bond acceptors (Lipinski definition) is 3. The van der Waals surface area contributed by atoms with Crippen molar-refractivity contribution in [2.45, 2.75) is 18.8 Å². The number of piperidine rings is 1. The minimum Gasteiger partial charge on any atom is -0.375 e. The molecule has 0 spiro atoms. The Bertz CT molecular complexity index is 558. The summed E-state index contributed by atoms with van der Waals surface area (Å²) < 4.78 is 4.92. The first-order valence-corrected chi connectivity index (χ1v) is 7.37. The van der Waals surface area contributed by atoms with E-state index in [2.05, 4.69) is 5.32 Å². The van der Waals surface area contributed by atoms with Crippen LogP contribution in [0.4, 0.5) is 5.69 Å². The van der Waals surface area contributed by atoms with Crippen molar-refractivity contribution >= 4 is 17.5 Å². The molecule has 2 unspecified atom stereocenters. The molecule has 2 aliphatic rings. The van der Waals surface area contributed by atoms with Crippen LogP contribution in [-0.4, -0.2) is 43.5 Å². The Morgan fingerprint density at radius 1 is 1.43 bits per heavy atom. The molecule has 0 bridgehead atoms. The number of anilines is 1. The van der Waals surface area contributed by atoms with Crippen LogP contribution in [0.5, 0.6) is 0 Å². The molecule has 1 saturated heterocycles. The Hall–Kier alpha value is -1.88. The molecule has 2 aliphatic heterocycles. The maximum absolute atomic E-state index is 12.3. The quantitative estimate of drug-likeness (QED) is 0.919. The highest BCUT2D eigenvalue weighted by Crippen LogP contribution is 2.40. The van der Waals surface area contributed by atoms with Gasteiger partial charge in [0.1, 0.15) is 6.61 Å². The van der Waals surface area contributed by atoms with Gasteiger partial charge >= 0.3 is 0 Å². The van der Waals surface area contributed by atoms with Crippen LogP contribution in [0.25, 0.3) is 0 Å². The molecule has 1 aromatic carbocycles. The highest BCUT2D eigenvalue weighted by atomic mass is 16.5. The molecule has 1 aromatic rings. The molecule has 0 aliphatic carbocycles. The standard InChI is InChI=1S/C16H20N2O3/c1-21-10-14(19)18-8-4-5-11(9-18)15-12-6-2-3-7-13(12)17-16(15)20/h2-3,6-7,11,15H,4-5,8-10H2,1H3,(H,17,20). The summed E-state index contributed by atoms with van der Waals surface area (Å²) in [6, 6.07) is 7.83. The number of hydrogen-bond donors (Lipinski definition) is 1. The van der Waals surface area contributed by atoms with E-state index in [9.17, 15) is 9.59 Å². The van der Waals surface area contributed by atoms with Crippen molar-refractivity contribution < 1.29 is 14.3 Å². The molecular formula is C16H20N2O3. The van der Waals surface area contributed by atoms with Crippen LogP contribution in [0.3, 0.4) is 0 Å². The zero-order chi connectivity index (χ0) is 14.8. The molecule has 3 rings (SSSR count). The Labute approximate surface area is 124 Å². The van der Waals surface area contributed by atoms with Crippen molar-refractivity contribution in [2.24, 2.45) is 5.92 Å². The molecule has 5 heteroatoms. The molecule has 5 nitrogen and oxygen atoms in total. The van der Waals surface area contributed by atoms with E-state index >= 15 is 0 Å². The van der Waals surface area contributed by atoms with Crippen molar-refractivity contribution in [3.05, 3.63) is 29.8 Å². The summed E-state index contributed by atoms with van der Waals surface area (Å²) in [5.74, 6) is 0.110. The van der Waals surface area contributed by atoms with Gasteiger partial charge in [0.2, 0.25) is 11.8 Å². The predicted octanol–water partition coefficient (Wildman–Crippen LogP) is 1.61. The Kier molecular flexibility index (Phi) is 3.92. The van der Waals surface area contributed by atoms with Gasteiger partial charge in [0.15, 0.2) is 0 Å². The van der Waals surface area contributed by atoms with Gasteiger partial charge in [-0.05, 0) is 30.4 Å². The highest BCUT2D eigenvalue weighted by molar-refractivity contribution is 6.03. The Morgan fingerprint density at radius 3 is 3.05 bits per heavy atom.